The van der Waals surface area contributed by atoms with E-state index in [4.69, 9.17) is 28.6 Å². The van der Waals surface area contributed by atoms with Crippen LogP contribution in [0.2, 0.25) is 10.0 Å². The fourth-order valence-electron chi connectivity index (χ4n) is 3.76. The maximum atomic E-state index is 14.5. The fraction of sp³-hybridized carbons (Fsp3) is 0.545. The van der Waals surface area contributed by atoms with Gasteiger partial charge in [-0.25, -0.2) is 4.39 Å². The minimum absolute atomic E-state index is 0.123. The summed E-state index contributed by atoms with van der Waals surface area (Å²) in [5.74, 6) is -2.13. The summed E-state index contributed by atoms with van der Waals surface area (Å²) >= 11 is 12.0. The van der Waals surface area contributed by atoms with Gasteiger partial charge in [-0.3, -0.25) is 14.6 Å². The van der Waals surface area contributed by atoms with Crippen molar-refractivity contribution in [2.75, 3.05) is 13.1 Å². The smallest absolute Gasteiger partial charge is 0.378 e. The van der Waals surface area contributed by atoms with Gasteiger partial charge in [0, 0.05) is 24.7 Å². The second-order valence-corrected chi connectivity index (χ2v) is 9.51. The first-order valence-electron chi connectivity index (χ1n) is 10.6. The standard InChI is InChI=1S/C22H26Cl2F4N4O2/c1-21(2,25)12-32(11-17(33)18-15(23)9-30-10-16(18)24)20(34)14(8-29)19(22(26,27)28)31-13-6-4-3-5-7-13/h8-10,13,29,31H,3-7,11-12H2,1-2H3/b19-14+,29-8?. The van der Waals surface area contributed by atoms with Gasteiger partial charge in [-0.05, 0) is 26.7 Å². The summed E-state index contributed by atoms with van der Waals surface area (Å²) in [7, 11) is 0. The zero-order valence-electron chi connectivity index (χ0n) is 18.7. The number of ketones is 1. The van der Waals surface area contributed by atoms with Crippen molar-refractivity contribution < 1.29 is 27.2 Å². The Balaban J connectivity index is 2.47. The van der Waals surface area contributed by atoms with E-state index in [1.54, 1.807) is 0 Å². The molecule has 1 heterocycles. The first kappa shape index (κ1) is 28.0. The lowest BCUT2D eigenvalue weighted by Crippen LogP contribution is -2.46. The van der Waals surface area contributed by atoms with Crippen LogP contribution < -0.4 is 5.32 Å². The van der Waals surface area contributed by atoms with Gasteiger partial charge < -0.3 is 15.6 Å². The molecule has 12 heteroatoms. The molecule has 6 nitrogen and oxygen atoms in total. The van der Waals surface area contributed by atoms with Gasteiger partial charge in [0.05, 0.1) is 34.3 Å². The van der Waals surface area contributed by atoms with Crippen molar-refractivity contribution in [1.29, 1.82) is 5.41 Å². The van der Waals surface area contributed by atoms with Gasteiger partial charge in [0.15, 0.2) is 5.78 Å². The molecule has 1 aliphatic carbocycles. The zero-order valence-corrected chi connectivity index (χ0v) is 20.2. The van der Waals surface area contributed by atoms with Crippen LogP contribution in [0.3, 0.4) is 0 Å². The fourth-order valence-corrected chi connectivity index (χ4v) is 4.33. The summed E-state index contributed by atoms with van der Waals surface area (Å²) in [6.45, 7) is 0.719. The van der Waals surface area contributed by atoms with Crippen molar-refractivity contribution in [3.05, 3.63) is 39.3 Å². The molecule has 0 atom stereocenters. The summed E-state index contributed by atoms with van der Waals surface area (Å²) < 4.78 is 56.3. The molecule has 0 unspecified atom stereocenters. The zero-order chi connectivity index (χ0) is 25.7. The first-order valence-corrected chi connectivity index (χ1v) is 11.4. The third-order valence-electron chi connectivity index (χ3n) is 5.20. The SMILES string of the molecule is CC(C)(F)CN(CC(=O)c1c(Cl)cncc1Cl)C(=O)/C(C=N)=C(/NC1CCCCC1)C(F)(F)F. The summed E-state index contributed by atoms with van der Waals surface area (Å²) in [5.41, 5.74) is -4.63. The van der Waals surface area contributed by atoms with Crippen LogP contribution in [0, 0.1) is 5.41 Å². The van der Waals surface area contributed by atoms with E-state index in [1.165, 1.54) is 0 Å². The van der Waals surface area contributed by atoms with Gasteiger partial charge in [-0.15, -0.1) is 0 Å². The maximum Gasteiger partial charge on any atom is 0.431 e. The molecule has 0 aliphatic heterocycles. The highest BCUT2D eigenvalue weighted by Gasteiger charge is 2.41. The third-order valence-corrected chi connectivity index (χ3v) is 5.78. The van der Waals surface area contributed by atoms with Gasteiger partial charge in [0.25, 0.3) is 5.91 Å². The topological polar surface area (TPSA) is 86.2 Å². The summed E-state index contributed by atoms with van der Waals surface area (Å²) in [6.07, 6.45) is 0.933. The molecule has 1 saturated carbocycles. The molecule has 0 aromatic carbocycles. The molecule has 0 saturated heterocycles. The first-order chi connectivity index (χ1) is 15.7. The number of rotatable bonds is 9. The Morgan fingerprint density at radius 2 is 1.71 bits per heavy atom. The van der Waals surface area contributed by atoms with Gasteiger partial charge in [-0.2, -0.15) is 13.2 Å². The number of halogens is 6. The number of amides is 1. The normalized spacial score (nSPS) is 16.0. The van der Waals surface area contributed by atoms with Crippen molar-refractivity contribution in [3.8, 4) is 0 Å². The Morgan fingerprint density at radius 1 is 1.15 bits per heavy atom. The van der Waals surface area contributed by atoms with E-state index in [0.717, 1.165) is 45.5 Å². The highest BCUT2D eigenvalue weighted by molar-refractivity contribution is 6.39. The van der Waals surface area contributed by atoms with Crippen LogP contribution in [0.15, 0.2) is 23.7 Å². The number of allylic oxidation sites excluding steroid dienone is 1. The molecular formula is C22H26Cl2F4N4O2. The average Bonchev–Trinajstić information content (AvgIpc) is 2.72. The molecule has 2 rings (SSSR count). The predicted molar refractivity (Wildman–Crippen MR) is 122 cm³/mol. The number of hydrogen-bond acceptors (Lipinski definition) is 5. The molecule has 1 amide bonds. The average molecular weight is 525 g/mol. The van der Waals surface area contributed by atoms with E-state index in [1.807, 2.05) is 0 Å². The van der Waals surface area contributed by atoms with E-state index in [9.17, 15) is 27.2 Å². The number of carbonyl (C=O) groups is 2. The van der Waals surface area contributed by atoms with Gasteiger partial charge >= 0.3 is 6.18 Å². The van der Waals surface area contributed by atoms with Crippen LogP contribution in [0.1, 0.15) is 56.3 Å². The molecule has 1 fully saturated rings. The maximum absolute atomic E-state index is 14.5. The summed E-state index contributed by atoms with van der Waals surface area (Å²) in [4.78, 5) is 30.4. The number of alkyl halides is 4. The van der Waals surface area contributed by atoms with Crippen LogP contribution in [0.5, 0.6) is 0 Å². The van der Waals surface area contributed by atoms with Crippen LogP contribution in [0.25, 0.3) is 0 Å². The minimum atomic E-state index is -4.97. The summed E-state index contributed by atoms with van der Waals surface area (Å²) in [6, 6.07) is -0.518. The highest BCUT2D eigenvalue weighted by Crippen LogP contribution is 2.30. The van der Waals surface area contributed by atoms with Crippen molar-refractivity contribution in [2.24, 2.45) is 0 Å². The molecule has 2 N–H and O–H groups in total. The summed E-state index contributed by atoms with van der Waals surface area (Å²) in [5, 5.41) is 9.69. The molecule has 188 valence electrons. The quantitative estimate of drug-likeness (QED) is 0.192. The van der Waals surface area contributed by atoms with Crippen LogP contribution in [-0.2, 0) is 4.79 Å². The van der Waals surface area contributed by atoms with Crippen molar-refractivity contribution in [2.45, 2.75) is 63.8 Å². The Kier molecular flexibility index (Phi) is 9.47. The van der Waals surface area contributed by atoms with Crippen molar-refractivity contribution >= 4 is 41.1 Å². The molecule has 34 heavy (non-hydrogen) atoms. The predicted octanol–water partition coefficient (Wildman–Crippen LogP) is 5.54. The van der Waals surface area contributed by atoms with Crippen molar-refractivity contribution in [3.63, 3.8) is 0 Å². The van der Waals surface area contributed by atoms with Crippen LogP contribution >= 0.6 is 23.2 Å². The number of hydrogen-bond donors (Lipinski definition) is 2. The number of Topliss-reactive ketones (excluding diaryl/α,β-unsaturated/α-hetero) is 1. The van der Waals surface area contributed by atoms with E-state index >= 15 is 0 Å². The largest absolute Gasteiger partial charge is 0.431 e. The number of nitrogens with one attached hydrogen (secondary N) is 2. The third kappa shape index (κ3) is 7.66. The molecule has 0 spiro atoms. The van der Waals surface area contributed by atoms with E-state index < -0.39 is 53.9 Å². The molecule has 1 aliphatic rings. The van der Waals surface area contributed by atoms with Gasteiger partial charge in [-0.1, -0.05) is 42.5 Å². The Labute approximate surface area is 205 Å². The molecule has 0 bridgehead atoms. The lowest BCUT2D eigenvalue weighted by Gasteiger charge is -2.30. The second-order valence-electron chi connectivity index (χ2n) is 8.69. The van der Waals surface area contributed by atoms with Crippen LogP contribution in [0.4, 0.5) is 17.6 Å². The lowest BCUT2D eigenvalue weighted by molar-refractivity contribution is -0.129. The monoisotopic (exact) mass is 524 g/mol. The molecule has 1 aromatic rings. The molecular weight excluding hydrogens is 499 g/mol. The number of aromatic nitrogens is 1. The van der Waals surface area contributed by atoms with Gasteiger partial charge in [0.2, 0.25) is 0 Å². The number of carbonyl (C=O) groups excluding carboxylic acids is 2. The van der Waals surface area contributed by atoms with E-state index in [-0.39, 0.29) is 21.8 Å². The van der Waals surface area contributed by atoms with Crippen LogP contribution in [-0.4, -0.2) is 58.8 Å². The van der Waals surface area contributed by atoms with Crippen molar-refractivity contribution in [1.82, 2.24) is 15.2 Å². The highest BCUT2D eigenvalue weighted by atomic mass is 35.5. The Morgan fingerprint density at radius 3 is 2.18 bits per heavy atom. The lowest BCUT2D eigenvalue weighted by atomic mass is 9.95. The number of pyridine rings is 1. The molecule has 0 radical (unpaired) electrons. The van der Waals surface area contributed by atoms with E-state index in [2.05, 4.69) is 10.3 Å². The second kappa shape index (κ2) is 11.5. The molecule has 1 aromatic heterocycles. The Bertz CT molecular complexity index is 935. The van der Waals surface area contributed by atoms with E-state index in [0.29, 0.717) is 17.7 Å². The van der Waals surface area contributed by atoms with Gasteiger partial charge in [0.1, 0.15) is 11.4 Å². The number of nitrogens with zero attached hydrogens (tertiary/aromatic N) is 2. The minimum Gasteiger partial charge on any atom is -0.378 e. The Hall–Kier alpha value is -2.20.